The smallest absolute Gasteiger partial charge is 0.0794 e. The summed E-state index contributed by atoms with van der Waals surface area (Å²) in [6.45, 7) is 0. The van der Waals surface area contributed by atoms with E-state index in [0.29, 0.717) is 0 Å². The van der Waals surface area contributed by atoms with Crippen molar-refractivity contribution in [3.8, 4) is 56.0 Å². The van der Waals surface area contributed by atoms with Crippen molar-refractivity contribution in [3.05, 3.63) is 271 Å². The molecule has 11 aromatic carbocycles. The van der Waals surface area contributed by atoms with Crippen molar-refractivity contribution in [2.45, 2.75) is 5.41 Å². The molecule has 3 nitrogen and oxygen atoms in total. The number of benzene rings is 11. The van der Waals surface area contributed by atoms with Gasteiger partial charge in [-0.25, -0.2) is 4.98 Å². The minimum Gasteiger partial charge on any atom is -0.309 e. The lowest BCUT2D eigenvalue weighted by Crippen LogP contribution is -2.25. The van der Waals surface area contributed by atoms with Crippen LogP contribution < -0.4 is 0 Å². The van der Waals surface area contributed by atoms with Gasteiger partial charge < -0.3 is 9.13 Å². The van der Waals surface area contributed by atoms with Crippen LogP contribution in [0.1, 0.15) is 22.3 Å². The molecule has 0 aliphatic heterocycles. The van der Waals surface area contributed by atoms with Gasteiger partial charge in [0.1, 0.15) is 0 Å². The molecule has 2 aliphatic carbocycles. The van der Waals surface area contributed by atoms with Crippen LogP contribution in [0.15, 0.2) is 249 Å². The number of aromatic nitrogens is 3. The quantitative estimate of drug-likeness (QED) is 0.161. The topological polar surface area (TPSA) is 22.8 Å². The van der Waals surface area contributed by atoms with Crippen LogP contribution in [0.3, 0.4) is 0 Å². The third-order valence-corrected chi connectivity index (χ3v) is 15.9. The number of fused-ring (bicyclic) bond motifs is 20. The van der Waals surface area contributed by atoms with E-state index in [2.05, 4.69) is 258 Å². The lowest BCUT2D eigenvalue weighted by Gasteiger charge is -2.30. The minimum absolute atomic E-state index is 0.449. The number of rotatable bonds is 4. The summed E-state index contributed by atoms with van der Waals surface area (Å²) in [5, 5.41) is 8.55. The second-order valence-corrected chi connectivity index (χ2v) is 19.3. The Balaban J connectivity index is 0.939. The zero-order valence-corrected chi connectivity index (χ0v) is 38.5. The first-order chi connectivity index (χ1) is 35.2. The Morgan fingerprint density at radius 3 is 1.25 bits per heavy atom. The molecule has 0 radical (unpaired) electrons. The fourth-order valence-electron chi connectivity index (χ4n) is 13.1. The molecule has 3 aromatic heterocycles. The highest BCUT2D eigenvalue weighted by molar-refractivity contribution is 6.19. The molecule has 3 heteroatoms. The first-order valence-electron chi connectivity index (χ1n) is 24.6. The minimum atomic E-state index is -0.449. The molecule has 0 saturated carbocycles. The average Bonchev–Trinajstić information content (AvgIpc) is 4.15. The van der Waals surface area contributed by atoms with Gasteiger partial charge in [-0.3, -0.25) is 0 Å². The molecule has 3 heterocycles. The highest BCUT2D eigenvalue weighted by atomic mass is 15.0. The summed E-state index contributed by atoms with van der Waals surface area (Å²) in [6.07, 6.45) is 0. The Morgan fingerprint density at radius 1 is 0.296 bits per heavy atom. The largest absolute Gasteiger partial charge is 0.309 e. The van der Waals surface area contributed by atoms with Crippen LogP contribution in [0.5, 0.6) is 0 Å². The molecule has 0 fully saturated rings. The molecule has 0 atom stereocenters. The van der Waals surface area contributed by atoms with Gasteiger partial charge in [0.2, 0.25) is 0 Å². The van der Waals surface area contributed by atoms with E-state index in [1.54, 1.807) is 0 Å². The molecule has 328 valence electrons. The van der Waals surface area contributed by atoms with Crippen LogP contribution >= 0.6 is 0 Å². The number of para-hydroxylation sites is 5. The maximum atomic E-state index is 5.63. The lowest BCUT2D eigenvalue weighted by atomic mass is 9.70. The second kappa shape index (κ2) is 14.4. The van der Waals surface area contributed by atoms with Gasteiger partial charge in [0.15, 0.2) is 0 Å². The van der Waals surface area contributed by atoms with Crippen LogP contribution in [0.4, 0.5) is 0 Å². The molecule has 71 heavy (non-hydrogen) atoms. The number of hydrogen-bond donors (Lipinski definition) is 0. The van der Waals surface area contributed by atoms with E-state index >= 15 is 0 Å². The Bertz CT molecular complexity index is 4300. The molecule has 0 amide bonds. The van der Waals surface area contributed by atoms with E-state index in [1.807, 2.05) is 0 Å². The average molecular weight is 900 g/mol. The lowest BCUT2D eigenvalue weighted by molar-refractivity contribution is 0.794. The normalized spacial score (nSPS) is 13.2. The van der Waals surface area contributed by atoms with Crippen molar-refractivity contribution < 1.29 is 0 Å². The fourth-order valence-corrected chi connectivity index (χ4v) is 13.1. The van der Waals surface area contributed by atoms with Crippen LogP contribution in [0.25, 0.3) is 121 Å². The van der Waals surface area contributed by atoms with Crippen molar-refractivity contribution in [3.63, 3.8) is 0 Å². The van der Waals surface area contributed by atoms with Gasteiger partial charge >= 0.3 is 0 Å². The molecule has 1 spiro atoms. The van der Waals surface area contributed by atoms with Crippen molar-refractivity contribution in [2.24, 2.45) is 0 Å². The monoisotopic (exact) mass is 899 g/mol. The molecule has 0 N–H and O–H groups in total. The predicted molar refractivity (Wildman–Crippen MR) is 295 cm³/mol. The Morgan fingerprint density at radius 2 is 0.718 bits per heavy atom. The van der Waals surface area contributed by atoms with Gasteiger partial charge in [-0.2, -0.15) is 0 Å². The van der Waals surface area contributed by atoms with Crippen molar-refractivity contribution >= 4 is 65.3 Å². The Kier molecular flexibility index (Phi) is 7.82. The molecular formula is C68H41N3. The summed E-state index contributed by atoms with van der Waals surface area (Å²) in [7, 11) is 0. The van der Waals surface area contributed by atoms with Crippen molar-refractivity contribution in [2.75, 3.05) is 0 Å². The molecule has 16 rings (SSSR count). The molecule has 2 aliphatic rings. The first kappa shape index (κ1) is 38.6. The third-order valence-electron chi connectivity index (χ3n) is 15.9. The van der Waals surface area contributed by atoms with Crippen LogP contribution in [0, 0.1) is 0 Å². The second-order valence-electron chi connectivity index (χ2n) is 19.3. The van der Waals surface area contributed by atoms with E-state index in [1.165, 1.54) is 98.9 Å². The Labute approximate surface area is 409 Å². The van der Waals surface area contributed by atoms with E-state index in [9.17, 15) is 0 Å². The van der Waals surface area contributed by atoms with Gasteiger partial charge in [-0.15, -0.1) is 0 Å². The van der Waals surface area contributed by atoms with E-state index < -0.39 is 5.41 Å². The highest BCUT2D eigenvalue weighted by Gasteiger charge is 2.52. The summed E-state index contributed by atoms with van der Waals surface area (Å²) in [5.41, 5.74) is 22.4. The number of pyridine rings is 1. The van der Waals surface area contributed by atoms with E-state index in [4.69, 9.17) is 4.98 Å². The van der Waals surface area contributed by atoms with Crippen LogP contribution in [0.2, 0.25) is 0 Å². The van der Waals surface area contributed by atoms with Crippen LogP contribution in [-0.2, 0) is 5.41 Å². The van der Waals surface area contributed by atoms with Gasteiger partial charge in [0.05, 0.1) is 38.7 Å². The van der Waals surface area contributed by atoms with Gasteiger partial charge in [0, 0.05) is 49.3 Å². The highest BCUT2D eigenvalue weighted by Crippen LogP contribution is 2.64. The molecule has 0 unspecified atom stereocenters. The summed E-state index contributed by atoms with van der Waals surface area (Å²) in [5.74, 6) is 0. The molecule has 0 bridgehead atoms. The maximum absolute atomic E-state index is 5.63. The summed E-state index contributed by atoms with van der Waals surface area (Å²) >= 11 is 0. The SMILES string of the molecule is c1ccc2c(c1)-c1ccccc1C21c2ccccc2-c2c1ccc1c2c(-c2ccc(-c3cc(-n4c5ccccc5c5ccccc54)cc(-n4c5ccccc5c5ccccc54)c3)cc2)nc2ccccc21. The van der Waals surface area contributed by atoms with Gasteiger partial charge in [-0.1, -0.05) is 200 Å². The number of nitrogens with zero attached hydrogens (tertiary/aromatic N) is 3. The zero-order chi connectivity index (χ0) is 46.4. The predicted octanol–water partition coefficient (Wildman–Crippen LogP) is 17.3. The third kappa shape index (κ3) is 5.14. The van der Waals surface area contributed by atoms with Gasteiger partial charge in [-0.05, 0) is 110 Å². The molecule has 14 aromatic rings. The summed E-state index contributed by atoms with van der Waals surface area (Å²) < 4.78 is 4.88. The molecule has 0 saturated heterocycles. The van der Waals surface area contributed by atoms with Crippen molar-refractivity contribution in [1.82, 2.24) is 14.1 Å². The summed E-state index contributed by atoms with van der Waals surface area (Å²) in [6, 6.07) is 92.2. The van der Waals surface area contributed by atoms with E-state index in [0.717, 1.165) is 44.7 Å². The maximum Gasteiger partial charge on any atom is 0.0794 e. The van der Waals surface area contributed by atoms with Crippen molar-refractivity contribution in [1.29, 1.82) is 0 Å². The molecular weight excluding hydrogens is 859 g/mol. The van der Waals surface area contributed by atoms with Crippen LogP contribution in [-0.4, -0.2) is 14.1 Å². The first-order valence-corrected chi connectivity index (χ1v) is 24.6. The van der Waals surface area contributed by atoms with E-state index in [-0.39, 0.29) is 0 Å². The van der Waals surface area contributed by atoms with Gasteiger partial charge in [0.25, 0.3) is 0 Å². The number of hydrogen-bond acceptors (Lipinski definition) is 1. The standard InChI is InChI=1S/C68H41N3/c1-9-25-56-47(17-1)48-18-2-10-26-57(48)68(56)58-27-11-3-24-55(58)65-59(68)38-37-54-49-19-4-12-28-60(49)69-67(66(54)65)43-35-33-42(34-36-43)44-39-45(70-61-29-13-5-20-50(61)51-21-6-14-30-62(51)70)41-46(40-44)71-63-31-15-7-22-52(63)53-23-8-16-32-64(53)71/h1-41H. The zero-order valence-electron chi connectivity index (χ0n) is 38.5. The fraction of sp³-hybridized carbons (Fsp3) is 0.0147. The summed E-state index contributed by atoms with van der Waals surface area (Å²) in [4.78, 5) is 5.63. The Hall–Kier alpha value is -9.31.